The van der Waals surface area contributed by atoms with Gasteiger partial charge in [-0.1, -0.05) is 41.4 Å². The number of aromatic nitrogens is 3. The summed E-state index contributed by atoms with van der Waals surface area (Å²) >= 11 is 13.0. The zero-order valence-electron chi connectivity index (χ0n) is 17.2. The van der Waals surface area contributed by atoms with Crippen molar-refractivity contribution in [1.82, 2.24) is 13.9 Å². The van der Waals surface area contributed by atoms with E-state index in [9.17, 15) is 8.42 Å². The van der Waals surface area contributed by atoms with Crippen molar-refractivity contribution in [2.45, 2.75) is 17.7 Å². The molecule has 4 rings (SSSR count). The van der Waals surface area contributed by atoms with Crippen LogP contribution in [-0.4, -0.2) is 36.6 Å². The van der Waals surface area contributed by atoms with Crippen molar-refractivity contribution < 1.29 is 17.9 Å². The molecule has 0 radical (unpaired) electrons. The maximum absolute atomic E-state index is 13.5. The van der Waals surface area contributed by atoms with E-state index in [1.54, 1.807) is 42.5 Å². The highest BCUT2D eigenvalue weighted by atomic mass is 35.5. The number of fused-ring (bicyclic) bond motifs is 1. The highest BCUT2D eigenvalue weighted by Gasteiger charge is 2.25. The average Bonchev–Trinajstić information content (AvgIpc) is 3.19. The Morgan fingerprint density at radius 3 is 2.16 bits per heavy atom. The summed E-state index contributed by atoms with van der Waals surface area (Å²) in [7, 11) is -0.904. The van der Waals surface area contributed by atoms with Crippen LogP contribution in [0, 0.1) is 0 Å². The van der Waals surface area contributed by atoms with Gasteiger partial charge in [0.1, 0.15) is 17.0 Å². The number of hydrogen-bond donors (Lipinski definition) is 0. The van der Waals surface area contributed by atoms with Crippen LogP contribution in [0.1, 0.15) is 11.3 Å². The van der Waals surface area contributed by atoms with Gasteiger partial charge < -0.3 is 9.47 Å². The minimum Gasteiger partial charge on any atom is -0.495 e. The van der Waals surface area contributed by atoms with Crippen molar-refractivity contribution in [1.29, 1.82) is 0 Å². The molecule has 0 saturated carbocycles. The fraction of sp³-hybridized carbons (Fsp3) is 0.182. The molecule has 0 spiro atoms. The summed E-state index contributed by atoms with van der Waals surface area (Å²) in [4.78, 5) is 8.70. The molecule has 166 valence electrons. The van der Waals surface area contributed by atoms with E-state index in [1.807, 2.05) is 0 Å². The quantitative estimate of drug-likeness (QED) is 0.370. The second kappa shape index (κ2) is 8.97. The second-order valence-corrected chi connectivity index (χ2v) is 9.41. The highest BCUT2D eigenvalue weighted by Crippen LogP contribution is 2.41. The van der Waals surface area contributed by atoms with Crippen LogP contribution in [0.3, 0.4) is 0 Å². The number of benzene rings is 2. The predicted molar refractivity (Wildman–Crippen MR) is 124 cm³/mol. The SMILES string of the molecule is COc1cc(OC)c(Cl)c(CCc2cc3nccnc3n2S(=O)(=O)c2ccccc2)c1Cl. The number of halogens is 2. The van der Waals surface area contributed by atoms with Crippen LogP contribution in [0.4, 0.5) is 0 Å². The van der Waals surface area contributed by atoms with Crippen LogP contribution in [0.5, 0.6) is 11.5 Å². The van der Waals surface area contributed by atoms with Crippen LogP contribution in [0.2, 0.25) is 10.0 Å². The van der Waals surface area contributed by atoms with Crippen molar-refractivity contribution in [3.8, 4) is 11.5 Å². The molecule has 2 aromatic carbocycles. The van der Waals surface area contributed by atoms with Gasteiger partial charge in [-0.2, -0.15) is 0 Å². The molecule has 0 aliphatic heterocycles. The lowest BCUT2D eigenvalue weighted by Gasteiger charge is -2.15. The van der Waals surface area contributed by atoms with E-state index in [1.165, 1.54) is 30.6 Å². The third-order valence-corrected chi connectivity index (χ3v) is 7.62. The van der Waals surface area contributed by atoms with E-state index in [4.69, 9.17) is 32.7 Å². The Labute approximate surface area is 195 Å². The Morgan fingerprint density at radius 2 is 1.53 bits per heavy atom. The molecule has 0 atom stereocenters. The number of rotatable bonds is 7. The average molecular weight is 492 g/mol. The highest BCUT2D eigenvalue weighted by molar-refractivity contribution is 7.90. The monoisotopic (exact) mass is 491 g/mol. The van der Waals surface area contributed by atoms with Crippen molar-refractivity contribution in [3.05, 3.63) is 76.2 Å². The van der Waals surface area contributed by atoms with E-state index in [2.05, 4.69) is 9.97 Å². The molecule has 2 heterocycles. The lowest BCUT2D eigenvalue weighted by atomic mass is 10.1. The van der Waals surface area contributed by atoms with Gasteiger partial charge in [0.15, 0.2) is 5.65 Å². The third-order valence-electron chi connectivity index (χ3n) is 5.04. The predicted octanol–water partition coefficient (Wildman–Crippen LogP) is 4.78. The summed E-state index contributed by atoms with van der Waals surface area (Å²) < 4.78 is 38.8. The van der Waals surface area contributed by atoms with Crippen LogP contribution >= 0.6 is 23.2 Å². The summed E-state index contributed by atoms with van der Waals surface area (Å²) in [5.41, 5.74) is 1.83. The van der Waals surface area contributed by atoms with E-state index < -0.39 is 10.0 Å². The lowest BCUT2D eigenvalue weighted by molar-refractivity contribution is 0.393. The summed E-state index contributed by atoms with van der Waals surface area (Å²) in [6.45, 7) is 0. The van der Waals surface area contributed by atoms with Gasteiger partial charge in [-0.3, -0.25) is 4.98 Å². The molecule has 0 unspecified atom stereocenters. The van der Waals surface area contributed by atoms with Crippen molar-refractivity contribution in [2.75, 3.05) is 14.2 Å². The smallest absolute Gasteiger partial charge is 0.269 e. The number of methoxy groups -OCH3 is 2. The first-order valence-corrected chi connectivity index (χ1v) is 11.8. The van der Waals surface area contributed by atoms with Crippen molar-refractivity contribution in [2.24, 2.45) is 0 Å². The number of aryl methyl sites for hydroxylation is 1. The number of hydrogen-bond acceptors (Lipinski definition) is 6. The van der Waals surface area contributed by atoms with E-state index in [0.717, 1.165) is 0 Å². The molecule has 0 fully saturated rings. The molecular formula is C22H19Cl2N3O4S. The summed E-state index contributed by atoms with van der Waals surface area (Å²) in [6.07, 6.45) is 3.63. The number of ether oxygens (including phenoxy) is 2. The van der Waals surface area contributed by atoms with Crippen LogP contribution in [0.15, 0.2) is 59.8 Å². The largest absolute Gasteiger partial charge is 0.495 e. The molecule has 0 aliphatic carbocycles. The summed E-state index contributed by atoms with van der Waals surface area (Å²) in [5.74, 6) is 0.840. The Bertz CT molecular complexity index is 1360. The Balaban J connectivity index is 1.82. The zero-order valence-corrected chi connectivity index (χ0v) is 19.6. The second-order valence-electron chi connectivity index (χ2n) is 6.87. The van der Waals surface area contributed by atoms with Crippen LogP contribution in [0.25, 0.3) is 11.2 Å². The fourth-order valence-corrected chi connectivity index (χ4v) is 5.72. The molecule has 0 amide bonds. The van der Waals surface area contributed by atoms with Crippen molar-refractivity contribution >= 4 is 44.4 Å². The van der Waals surface area contributed by atoms with Gasteiger partial charge in [0.2, 0.25) is 0 Å². The first-order valence-electron chi connectivity index (χ1n) is 9.59. The molecule has 0 bridgehead atoms. The molecular weight excluding hydrogens is 473 g/mol. The maximum Gasteiger partial charge on any atom is 0.269 e. The Hall–Kier alpha value is -2.81. The molecule has 0 saturated heterocycles. The Morgan fingerprint density at radius 1 is 0.906 bits per heavy atom. The van der Waals surface area contributed by atoms with Crippen LogP contribution in [-0.2, 0) is 22.9 Å². The van der Waals surface area contributed by atoms with Gasteiger partial charge in [0, 0.05) is 24.2 Å². The standard InChI is InChI=1S/C22H19Cl2N3O4S/c1-30-18-13-19(31-2)21(24)16(20(18)23)9-8-14-12-17-22(26-11-10-25-17)27(14)32(28,29)15-6-4-3-5-7-15/h3-7,10-13H,8-9H2,1-2H3. The van der Waals surface area contributed by atoms with Gasteiger partial charge in [-0.15, -0.1) is 0 Å². The summed E-state index contributed by atoms with van der Waals surface area (Å²) in [5, 5.41) is 0.700. The van der Waals surface area contributed by atoms with Gasteiger partial charge in [-0.25, -0.2) is 17.4 Å². The van der Waals surface area contributed by atoms with Gasteiger partial charge in [-0.05, 0) is 36.6 Å². The molecule has 7 nitrogen and oxygen atoms in total. The van der Waals surface area contributed by atoms with Gasteiger partial charge >= 0.3 is 0 Å². The molecule has 4 aromatic rings. The van der Waals surface area contributed by atoms with Crippen LogP contribution < -0.4 is 9.47 Å². The Kier molecular flexibility index (Phi) is 6.28. The van der Waals surface area contributed by atoms with E-state index >= 15 is 0 Å². The zero-order chi connectivity index (χ0) is 22.9. The van der Waals surface area contributed by atoms with E-state index in [0.29, 0.717) is 51.2 Å². The molecule has 0 N–H and O–H groups in total. The fourth-order valence-electron chi connectivity index (χ4n) is 3.50. The molecule has 2 aromatic heterocycles. The molecule has 10 heteroatoms. The van der Waals surface area contributed by atoms with Gasteiger partial charge in [0.05, 0.1) is 29.2 Å². The van der Waals surface area contributed by atoms with Gasteiger partial charge in [0.25, 0.3) is 10.0 Å². The third kappa shape index (κ3) is 3.90. The first-order chi connectivity index (χ1) is 15.4. The van der Waals surface area contributed by atoms with Crippen molar-refractivity contribution in [3.63, 3.8) is 0 Å². The molecule has 32 heavy (non-hydrogen) atoms. The number of nitrogens with zero attached hydrogens (tertiary/aromatic N) is 3. The topological polar surface area (TPSA) is 83.3 Å². The minimum atomic E-state index is -3.90. The summed E-state index contributed by atoms with van der Waals surface area (Å²) in [6, 6.07) is 11.5. The minimum absolute atomic E-state index is 0.156. The normalized spacial score (nSPS) is 11.6. The van der Waals surface area contributed by atoms with E-state index in [-0.39, 0.29) is 10.5 Å². The lowest BCUT2D eigenvalue weighted by Crippen LogP contribution is -2.16. The molecule has 0 aliphatic rings. The maximum atomic E-state index is 13.5. The first kappa shape index (κ1) is 22.4.